The van der Waals surface area contributed by atoms with Crippen LogP contribution in [0.15, 0.2) is 59.6 Å². The predicted octanol–water partition coefficient (Wildman–Crippen LogP) is 5.44. The summed E-state index contributed by atoms with van der Waals surface area (Å²) in [6.45, 7) is 1.13. The number of benzene rings is 2. The Kier molecular flexibility index (Phi) is 8.05. The molecule has 2 aliphatic heterocycles. The van der Waals surface area contributed by atoms with Crippen LogP contribution in [-0.4, -0.2) is 55.7 Å². The van der Waals surface area contributed by atoms with Crippen LogP contribution in [0.5, 0.6) is 5.88 Å². The minimum Gasteiger partial charge on any atom is -0.471 e. The van der Waals surface area contributed by atoms with Crippen molar-refractivity contribution in [3.63, 3.8) is 0 Å². The van der Waals surface area contributed by atoms with Gasteiger partial charge in [0.25, 0.3) is 10.0 Å². The Balaban J connectivity index is 1.47. The molecule has 3 aromatic rings. The Bertz CT molecular complexity index is 1530. The summed E-state index contributed by atoms with van der Waals surface area (Å²) in [7, 11) is -4.07. The lowest BCUT2D eigenvalue weighted by atomic mass is 10.0. The van der Waals surface area contributed by atoms with Crippen LogP contribution < -0.4 is 9.04 Å². The summed E-state index contributed by atoms with van der Waals surface area (Å²) >= 11 is 18.5. The molecule has 39 heavy (non-hydrogen) atoms. The third-order valence-electron chi connectivity index (χ3n) is 6.69. The third kappa shape index (κ3) is 5.87. The van der Waals surface area contributed by atoms with Crippen molar-refractivity contribution in [1.82, 2.24) is 9.88 Å². The average molecular weight is 609 g/mol. The number of likely N-dealkylation sites (tertiary alicyclic amines) is 1. The number of nitrogens with zero attached hydrogens (tertiary/aromatic N) is 3. The van der Waals surface area contributed by atoms with Gasteiger partial charge in [-0.05, 0) is 48.4 Å². The van der Waals surface area contributed by atoms with Crippen molar-refractivity contribution < 1.29 is 22.7 Å². The van der Waals surface area contributed by atoms with Gasteiger partial charge in [0.2, 0.25) is 11.8 Å². The minimum atomic E-state index is -4.07. The molecule has 3 heterocycles. The number of ether oxygens (including phenoxy) is 1. The molecular formula is C27H24Cl3N3O5S. The maximum absolute atomic E-state index is 13.8. The number of fused-ring (bicyclic) bond motifs is 1. The number of hydrogen-bond acceptors (Lipinski definition) is 6. The van der Waals surface area contributed by atoms with E-state index in [2.05, 4.69) is 4.98 Å². The highest BCUT2D eigenvalue weighted by atomic mass is 35.5. The Morgan fingerprint density at radius 2 is 1.82 bits per heavy atom. The van der Waals surface area contributed by atoms with Gasteiger partial charge in [-0.25, -0.2) is 13.4 Å². The lowest BCUT2D eigenvalue weighted by Gasteiger charge is -2.35. The molecule has 1 fully saturated rings. The Morgan fingerprint density at radius 1 is 1.08 bits per heavy atom. The standard InChI is InChI=1S/C27H24Cl3N3O5S/c28-18-4-1-5-20(14-18)39(36,37)33-16-19(9-11-32-10-3-8-25(32)35)38-27-23(33)12-17(15-31-27)13-24(34)26-21(29)6-2-7-22(26)30/h1-2,4-7,12,14-15,19H,3,8-11,13,16H2/t19-/m0/s1. The van der Waals surface area contributed by atoms with Gasteiger partial charge in [0.15, 0.2) is 5.78 Å². The first kappa shape index (κ1) is 27.7. The Labute approximate surface area is 241 Å². The number of halogens is 3. The summed E-state index contributed by atoms with van der Waals surface area (Å²) in [6.07, 6.45) is 2.59. The van der Waals surface area contributed by atoms with E-state index in [-0.39, 0.29) is 61.8 Å². The van der Waals surface area contributed by atoms with Crippen LogP contribution in [0, 0.1) is 0 Å². The van der Waals surface area contributed by atoms with Crippen LogP contribution in [0.2, 0.25) is 15.1 Å². The number of hydrogen-bond donors (Lipinski definition) is 0. The highest BCUT2D eigenvalue weighted by Crippen LogP contribution is 2.37. The van der Waals surface area contributed by atoms with Crippen molar-refractivity contribution in [2.45, 2.75) is 36.7 Å². The average Bonchev–Trinajstić information content (AvgIpc) is 3.31. The van der Waals surface area contributed by atoms with E-state index in [4.69, 9.17) is 39.5 Å². The van der Waals surface area contributed by atoms with Gasteiger partial charge in [0.05, 0.1) is 27.0 Å². The zero-order valence-corrected chi connectivity index (χ0v) is 23.7. The van der Waals surface area contributed by atoms with Crippen molar-refractivity contribution in [3.8, 4) is 5.88 Å². The molecule has 2 aliphatic rings. The molecular weight excluding hydrogens is 585 g/mol. The normalized spacial score (nSPS) is 17.2. The van der Waals surface area contributed by atoms with E-state index < -0.39 is 16.1 Å². The van der Waals surface area contributed by atoms with Gasteiger partial charge >= 0.3 is 0 Å². The molecule has 0 aliphatic carbocycles. The van der Waals surface area contributed by atoms with Crippen LogP contribution in [0.4, 0.5) is 5.69 Å². The molecule has 0 N–H and O–H groups in total. The first-order chi connectivity index (χ1) is 18.6. The van der Waals surface area contributed by atoms with Gasteiger partial charge in [-0.1, -0.05) is 46.9 Å². The lowest BCUT2D eigenvalue weighted by molar-refractivity contribution is -0.127. The quantitative estimate of drug-likeness (QED) is 0.316. The molecule has 12 heteroatoms. The molecule has 0 saturated carbocycles. The first-order valence-corrected chi connectivity index (χ1v) is 14.9. The summed E-state index contributed by atoms with van der Waals surface area (Å²) in [5, 5.41) is 0.736. The Morgan fingerprint density at radius 3 is 2.51 bits per heavy atom. The Hall–Kier alpha value is -2.85. The second-order valence-electron chi connectivity index (χ2n) is 9.37. The van der Waals surface area contributed by atoms with Crippen LogP contribution in [0.3, 0.4) is 0 Å². The third-order valence-corrected chi connectivity index (χ3v) is 9.33. The van der Waals surface area contributed by atoms with E-state index in [0.29, 0.717) is 31.5 Å². The molecule has 5 rings (SSSR count). The summed E-state index contributed by atoms with van der Waals surface area (Å²) in [4.78, 5) is 31.3. The fourth-order valence-corrected chi connectivity index (χ4v) is 7.13. The highest BCUT2D eigenvalue weighted by molar-refractivity contribution is 7.92. The molecule has 1 aromatic heterocycles. The number of anilines is 1. The number of ketones is 1. The van der Waals surface area contributed by atoms with Gasteiger partial charge in [0.1, 0.15) is 11.8 Å². The van der Waals surface area contributed by atoms with Crippen molar-refractivity contribution >= 4 is 62.2 Å². The van der Waals surface area contributed by atoms with Gasteiger partial charge in [-0.3, -0.25) is 13.9 Å². The number of amides is 1. The van der Waals surface area contributed by atoms with Gasteiger partial charge < -0.3 is 9.64 Å². The van der Waals surface area contributed by atoms with E-state index in [1.165, 1.54) is 22.6 Å². The van der Waals surface area contributed by atoms with Gasteiger partial charge in [-0.2, -0.15) is 0 Å². The van der Waals surface area contributed by atoms with Crippen molar-refractivity contribution in [2.24, 2.45) is 0 Å². The summed E-state index contributed by atoms with van der Waals surface area (Å²) in [5.41, 5.74) is 0.861. The van der Waals surface area contributed by atoms with Crippen molar-refractivity contribution in [2.75, 3.05) is 23.9 Å². The molecule has 0 spiro atoms. The first-order valence-electron chi connectivity index (χ1n) is 12.3. The maximum atomic E-state index is 13.8. The molecule has 1 amide bonds. The fourth-order valence-electron chi connectivity index (χ4n) is 4.74. The van der Waals surface area contributed by atoms with Gasteiger partial charge in [0, 0.05) is 43.6 Å². The second-order valence-corrected chi connectivity index (χ2v) is 12.5. The van der Waals surface area contributed by atoms with Crippen LogP contribution in [0.1, 0.15) is 35.2 Å². The molecule has 2 aromatic carbocycles. The topological polar surface area (TPSA) is 96.9 Å². The molecule has 0 radical (unpaired) electrons. The minimum absolute atomic E-state index is 0.000696. The second kappa shape index (κ2) is 11.3. The van der Waals surface area contributed by atoms with E-state index in [0.717, 1.165) is 6.42 Å². The zero-order chi connectivity index (χ0) is 27.7. The smallest absolute Gasteiger partial charge is 0.264 e. The largest absolute Gasteiger partial charge is 0.471 e. The number of aromatic nitrogens is 1. The number of sulfonamides is 1. The zero-order valence-electron chi connectivity index (χ0n) is 20.6. The number of Topliss-reactive ketones (excluding diaryl/α,β-unsaturated/α-hetero) is 1. The fraction of sp³-hybridized carbons (Fsp3) is 0.296. The summed E-state index contributed by atoms with van der Waals surface area (Å²) in [5.74, 6) is -0.126. The molecule has 8 nitrogen and oxygen atoms in total. The lowest BCUT2D eigenvalue weighted by Crippen LogP contribution is -2.45. The summed E-state index contributed by atoms with van der Waals surface area (Å²) < 4.78 is 35.0. The van der Waals surface area contributed by atoms with Crippen LogP contribution in [-0.2, 0) is 21.2 Å². The van der Waals surface area contributed by atoms with Crippen LogP contribution >= 0.6 is 34.8 Å². The van der Waals surface area contributed by atoms with E-state index >= 15 is 0 Å². The molecule has 0 unspecified atom stereocenters. The molecule has 204 valence electrons. The maximum Gasteiger partial charge on any atom is 0.264 e. The number of pyridine rings is 1. The van der Waals surface area contributed by atoms with E-state index in [1.807, 2.05) is 0 Å². The van der Waals surface area contributed by atoms with Crippen molar-refractivity contribution in [1.29, 1.82) is 0 Å². The van der Waals surface area contributed by atoms with E-state index in [1.54, 1.807) is 41.3 Å². The van der Waals surface area contributed by atoms with Crippen molar-refractivity contribution in [3.05, 3.63) is 80.9 Å². The SMILES string of the molecule is O=C(Cc1cnc2c(c1)N(S(=O)(=O)c1cccc(Cl)c1)C[C@H](CCN1CCCC1=O)O2)c1c(Cl)cccc1Cl. The monoisotopic (exact) mass is 607 g/mol. The number of carbonyl (C=O) groups excluding carboxylic acids is 2. The van der Waals surface area contributed by atoms with E-state index in [9.17, 15) is 18.0 Å². The predicted molar refractivity (Wildman–Crippen MR) is 150 cm³/mol. The summed E-state index contributed by atoms with van der Waals surface area (Å²) in [6, 6.07) is 12.4. The highest BCUT2D eigenvalue weighted by Gasteiger charge is 2.36. The van der Waals surface area contributed by atoms with Gasteiger partial charge in [-0.15, -0.1) is 0 Å². The van der Waals surface area contributed by atoms with Crippen LogP contribution in [0.25, 0.3) is 0 Å². The number of carbonyl (C=O) groups is 2. The molecule has 1 saturated heterocycles. The molecule has 0 bridgehead atoms. The molecule has 1 atom stereocenters. The number of rotatable bonds is 8.